The van der Waals surface area contributed by atoms with Crippen LogP contribution in [0.15, 0.2) is 41.1 Å². The van der Waals surface area contributed by atoms with Crippen LogP contribution in [0, 0.1) is 0 Å². The average Bonchev–Trinajstić information content (AvgIpc) is 3.23. The van der Waals surface area contributed by atoms with E-state index < -0.39 is 11.8 Å². The molecule has 0 spiro atoms. The van der Waals surface area contributed by atoms with Gasteiger partial charge in [0.25, 0.3) is 5.95 Å². The number of aromatic hydroxyl groups is 2. The van der Waals surface area contributed by atoms with Gasteiger partial charge in [0.1, 0.15) is 11.4 Å². The van der Waals surface area contributed by atoms with Crippen molar-refractivity contribution in [3.63, 3.8) is 0 Å². The Morgan fingerprint density at radius 1 is 1.41 bits per heavy atom. The highest BCUT2D eigenvalue weighted by molar-refractivity contribution is 5.77. The number of rotatable bonds is 8. The predicted octanol–water partition coefficient (Wildman–Crippen LogP) is 2.52. The number of nitrogens with zero attached hydrogens (tertiary/aromatic N) is 3. The predicted molar refractivity (Wildman–Crippen MR) is 98.2 cm³/mol. The number of hydrogen-bond acceptors (Lipinski definition) is 7. The number of carbonyl (C=O) groups is 1. The molecule has 3 rings (SSSR count). The van der Waals surface area contributed by atoms with E-state index in [-0.39, 0.29) is 24.1 Å². The van der Waals surface area contributed by atoms with Gasteiger partial charge in [-0.25, -0.2) is 4.98 Å². The number of nitrogens with one attached hydrogen (secondary N) is 1. The van der Waals surface area contributed by atoms with Crippen LogP contribution in [0.25, 0.3) is 11.0 Å². The molecule has 27 heavy (non-hydrogen) atoms. The van der Waals surface area contributed by atoms with Crippen LogP contribution in [0.3, 0.4) is 0 Å². The maximum Gasteiger partial charge on any atom is 0.283 e. The number of aromatic nitrogens is 2. The standard InChI is InChI=1S/C18H22N4O5/c1-12(22-7-6-13-8-14(24)9-19-17(13)22)27-20-18(2,3)10-21(11-23)15-4-5-16(25)26-15/h4-9,11-12,20,24-25H,10H2,1-3H3. The summed E-state index contributed by atoms with van der Waals surface area (Å²) in [4.78, 5) is 22.7. The minimum atomic E-state index is -0.619. The fourth-order valence-corrected chi connectivity index (χ4v) is 2.72. The molecular weight excluding hydrogens is 352 g/mol. The van der Waals surface area contributed by atoms with Gasteiger partial charge in [-0.3, -0.25) is 14.5 Å². The number of carbonyl (C=O) groups excluding carboxylic acids is 1. The van der Waals surface area contributed by atoms with Gasteiger partial charge in [0.15, 0.2) is 6.23 Å². The molecule has 0 aromatic carbocycles. The first-order chi connectivity index (χ1) is 12.8. The summed E-state index contributed by atoms with van der Waals surface area (Å²) in [5.41, 5.74) is 3.02. The Labute approximate surface area is 155 Å². The van der Waals surface area contributed by atoms with Gasteiger partial charge in [-0.1, -0.05) is 0 Å². The fraction of sp³-hybridized carbons (Fsp3) is 0.333. The minimum absolute atomic E-state index is 0.103. The molecule has 144 valence electrons. The second-order valence-electron chi connectivity index (χ2n) is 6.88. The normalized spacial score (nSPS) is 13.0. The third-order valence-corrected chi connectivity index (χ3v) is 3.99. The lowest BCUT2D eigenvalue weighted by molar-refractivity contribution is -0.109. The lowest BCUT2D eigenvalue weighted by Gasteiger charge is -2.31. The van der Waals surface area contributed by atoms with Crippen LogP contribution in [0.4, 0.5) is 5.88 Å². The SMILES string of the molecule is CC(ONC(C)(C)CN(C=O)c1ccc(O)o1)n1ccc2cc(O)cnc21. The Morgan fingerprint density at radius 2 is 2.19 bits per heavy atom. The van der Waals surface area contributed by atoms with Crippen molar-refractivity contribution in [2.24, 2.45) is 0 Å². The first-order valence-corrected chi connectivity index (χ1v) is 8.38. The van der Waals surface area contributed by atoms with Crippen molar-refractivity contribution in [3.05, 3.63) is 36.7 Å². The summed E-state index contributed by atoms with van der Waals surface area (Å²) in [7, 11) is 0. The van der Waals surface area contributed by atoms with E-state index in [1.165, 1.54) is 23.2 Å². The van der Waals surface area contributed by atoms with Gasteiger partial charge in [-0.2, -0.15) is 5.48 Å². The van der Waals surface area contributed by atoms with Crippen LogP contribution in [0.5, 0.6) is 11.7 Å². The van der Waals surface area contributed by atoms with Crippen LogP contribution in [-0.2, 0) is 9.63 Å². The third kappa shape index (κ3) is 4.21. The molecule has 0 fully saturated rings. The Balaban J connectivity index is 1.65. The Bertz CT molecular complexity index is 933. The van der Waals surface area contributed by atoms with Gasteiger partial charge in [-0.15, -0.1) is 0 Å². The van der Waals surface area contributed by atoms with Crippen molar-refractivity contribution in [2.75, 3.05) is 11.4 Å². The zero-order chi connectivity index (χ0) is 19.6. The summed E-state index contributed by atoms with van der Waals surface area (Å²) in [5.74, 6) is 0.0855. The van der Waals surface area contributed by atoms with E-state index in [9.17, 15) is 15.0 Å². The van der Waals surface area contributed by atoms with Crippen LogP contribution >= 0.6 is 0 Å². The van der Waals surface area contributed by atoms with Crippen molar-refractivity contribution < 1.29 is 24.3 Å². The quantitative estimate of drug-likeness (QED) is 0.410. The molecule has 3 N–H and O–H groups in total. The minimum Gasteiger partial charge on any atom is -0.506 e. The van der Waals surface area contributed by atoms with E-state index in [4.69, 9.17) is 9.25 Å². The average molecular weight is 374 g/mol. The fourth-order valence-electron chi connectivity index (χ4n) is 2.72. The molecule has 0 aliphatic rings. The number of anilines is 1. The van der Waals surface area contributed by atoms with Gasteiger partial charge >= 0.3 is 0 Å². The zero-order valence-electron chi connectivity index (χ0n) is 15.3. The highest BCUT2D eigenvalue weighted by Crippen LogP contribution is 2.24. The molecule has 1 atom stereocenters. The van der Waals surface area contributed by atoms with Gasteiger partial charge < -0.3 is 19.2 Å². The van der Waals surface area contributed by atoms with Crippen LogP contribution in [0.1, 0.15) is 27.0 Å². The van der Waals surface area contributed by atoms with E-state index in [2.05, 4.69) is 10.5 Å². The van der Waals surface area contributed by atoms with Gasteiger partial charge in [0.05, 0.1) is 11.7 Å². The molecule has 0 bridgehead atoms. The van der Waals surface area contributed by atoms with E-state index in [1.54, 1.807) is 6.07 Å². The highest BCUT2D eigenvalue weighted by Gasteiger charge is 2.25. The molecule has 0 aliphatic carbocycles. The summed E-state index contributed by atoms with van der Waals surface area (Å²) in [5, 5.41) is 19.6. The molecule has 3 heterocycles. The first kappa shape index (κ1) is 18.7. The molecule has 3 aromatic rings. The van der Waals surface area contributed by atoms with Crippen molar-refractivity contribution in [3.8, 4) is 11.7 Å². The number of hydrogen-bond donors (Lipinski definition) is 3. The van der Waals surface area contributed by atoms with Crippen molar-refractivity contribution in [1.82, 2.24) is 15.0 Å². The van der Waals surface area contributed by atoms with Gasteiger partial charge in [-0.05, 0) is 32.9 Å². The van der Waals surface area contributed by atoms with Crippen LogP contribution in [-0.4, -0.2) is 38.3 Å². The Kier molecular flexibility index (Phi) is 5.06. The Hall–Kier alpha value is -3.04. The number of pyridine rings is 1. The van der Waals surface area contributed by atoms with Crippen molar-refractivity contribution in [1.29, 1.82) is 0 Å². The summed E-state index contributed by atoms with van der Waals surface area (Å²) < 4.78 is 6.89. The second kappa shape index (κ2) is 7.29. The lowest BCUT2D eigenvalue weighted by atomic mass is 10.1. The maximum atomic E-state index is 11.4. The van der Waals surface area contributed by atoms with Crippen LogP contribution in [0.2, 0.25) is 0 Å². The van der Waals surface area contributed by atoms with Gasteiger partial charge in [0.2, 0.25) is 12.3 Å². The molecule has 0 radical (unpaired) electrons. The topological polar surface area (TPSA) is 113 Å². The number of fused-ring (bicyclic) bond motifs is 1. The number of hydroxylamine groups is 1. The largest absolute Gasteiger partial charge is 0.506 e. The van der Waals surface area contributed by atoms with Crippen LogP contribution < -0.4 is 10.4 Å². The highest BCUT2D eigenvalue weighted by atomic mass is 16.7. The third-order valence-electron chi connectivity index (χ3n) is 3.99. The molecule has 0 saturated carbocycles. The van der Waals surface area contributed by atoms with E-state index >= 15 is 0 Å². The smallest absolute Gasteiger partial charge is 0.283 e. The summed E-state index contributed by atoms with van der Waals surface area (Å²) in [6.07, 6.45) is 3.43. The zero-order valence-corrected chi connectivity index (χ0v) is 15.3. The van der Waals surface area contributed by atoms with Gasteiger partial charge in [0, 0.05) is 30.3 Å². The summed E-state index contributed by atoms with van der Waals surface area (Å²) >= 11 is 0. The molecule has 1 amide bonds. The molecule has 0 aliphatic heterocycles. The number of amides is 1. The molecular formula is C18H22N4O5. The van der Waals surface area contributed by atoms with E-state index in [0.717, 1.165) is 5.39 Å². The lowest BCUT2D eigenvalue weighted by Crippen LogP contribution is -2.49. The molecule has 1 unspecified atom stereocenters. The van der Waals surface area contributed by atoms with E-state index in [1.807, 2.05) is 37.6 Å². The monoisotopic (exact) mass is 374 g/mol. The second-order valence-corrected chi connectivity index (χ2v) is 6.88. The van der Waals surface area contributed by atoms with Crippen molar-refractivity contribution in [2.45, 2.75) is 32.5 Å². The molecule has 3 aromatic heterocycles. The van der Waals surface area contributed by atoms with E-state index in [0.29, 0.717) is 12.1 Å². The molecule has 9 nitrogen and oxygen atoms in total. The maximum absolute atomic E-state index is 11.4. The molecule has 9 heteroatoms. The molecule has 0 saturated heterocycles. The van der Waals surface area contributed by atoms with Crippen molar-refractivity contribution >= 4 is 23.3 Å². The number of furan rings is 1. The summed E-state index contributed by atoms with van der Waals surface area (Å²) in [6, 6.07) is 6.34. The Morgan fingerprint density at radius 3 is 2.85 bits per heavy atom. The summed E-state index contributed by atoms with van der Waals surface area (Å²) in [6.45, 7) is 5.82. The first-order valence-electron chi connectivity index (χ1n) is 8.38.